The zero-order chi connectivity index (χ0) is 22.1. The van der Waals surface area contributed by atoms with E-state index < -0.39 is 11.7 Å². The third-order valence-electron chi connectivity index (χ3n) is 5.44. The van der Waals surface area contributed by atoms with Crippen LogP contribution in [0, 0.1) is 12.7 Å². The molecule has 1 fully saturated rings. The third-order valence-corrected chi connectivity index (χ3v) is 5.44. The van der Waals surface area contributed by atoms with Crippen LogP contribution in [0.5, 0.6) is 5.88 Å². The predicted octanol–water partition coefficient (Wildman–Crippen LogP) is 2.41. The first kappa shape index (κ1) is 21.0. The molecule has 3 aromatic heterocycles. The number of amides is 1. The number of nitrogens with zero attached hydrogens (tertiary/aromatic N) is 5. The molecule has 4 heterocycles. The van der Waals surface area contributed by atoms with Gasteiger partial charge in [-0.1, -0.05) is 0 Å². The van der Waals surface area contributed by atoms with Crippen LogP contribution in [0.15, 0.2) is 24.7 Å². The van der Waals surface area contributed by atoms with E-state index in [9.17, 15) is 9.18 Å². The van der Waals surface area contributed by atoms with E-state index in [-0.39, 0.29) is 29.2 Å². The molecule has 9 nitrogen and oxygen atoms in total. The van der Waals surface area contributed by atoms with Gasteiger partial charge in [0.15, 0.2) is 11.5 Å². The predicted molar refractivity (Wildman–Crippen MR) is 115 cm³/mol. The Kier molecular flexibility index (Phi) is 5.73. The van der Waals surface area contributed by atoms with Crippen molar-refractivity contribution in [1.82, 2.24) is 24.7 Å². The molecule has 2 atom stereocenters. The second kappa shape index (κ2) is 8.46. The maximum atomic E-state index is 14.3. The molecule has 31 heavy (non-hydrogen) atoms. The van der Waals surface area contributed by atoms with Crippen LogP contribution in [0.2, 0.25) is 0 Å². The molecule has 0 radical (unpaired) electrons. The molecule has 4 rings (SSSR count). The summed E-state index contributed by atoms with van der Waals surface area (Å²) in [6, 6.07) is 1.71. The van der Waals surface area contributed by atoms with E-state index in [2.05, 4.69) is 44.3 Å². The molecule has 0 aliphatic carbocycles. The van der Waals surface area contributed by atoms with Crippen LogP contribution in [-0.2, 0) is 0 Å². The molecular weight excluding hydrogens is 401 g/mol. The minimum Gasteiger partial charge on any atom is -0.477 e. The molecule has 0 spiro atoms. The molecule has 0 saturated carbocycles. The van der Waals surface area contributed by atoms with Crippen LogP contribution in [0.3, 0.4) is 0 Å². The van der Waals surface area contributed by atoms with Gasteiger partial charge in [-0.05, 0) is 27.7 Å². The second-order valence-electron chi connectivity index (χ2n) is 7.64. The number of anilines is 2. The Labute approximate surface area is 179 Å². The van der Waals surface area contributed by atoms with E-state index in [1.54, 1.807) is 19.3 Å². The first-order valence-corrected chi connectivity index (χ1v) is 10.3. The molecular formula is C21H26FN7O2. The normalized spacial score (nSPS) is 18.9. The van der Waals surface area contributed by atoms with Crippen molar-refractivity contribution in [1.29, 1.82) is 0 Å². The van der Waals surface area contributed by atoms with Gasteiger partial charge in [-0.3, -0.25) is 4.79 Å². The first-order valence-electron chi connectivity index (χ1n) is 10.3. The minimum absolute atomic E-state index is 0.184. The smallest absolute Gasteiger partial charge is 0.262 e. The lowest BCUT2D eigenvalue weighted by molar-refractivity contribution is 0.102. The summed E-state index contributed by atoms with van der Waals surface area (Å²) >= 11 is 0. The highest BCUT2D eigenvalue weighted by molar-refractivity contribution is 6.05. The molecule has 3 aromatic rings. The minimum atomic E-state index is -0.524. The molecule has 164 valence electrons. The number of carbonyl (C=O) groups is 1. The van der Waals surface area contributed by atoms with Gasteiger partial charge >= 0.3 is 0 Å². The SMILES string of the molecule is CCOc1nc(N2CCNC(C)C2C)ncc1C(=O)Nc1cc(F)c2nc(C)cn2c1. The van der Waals surface area contributed by atoms with Crippen LogP contribution in [0.25, 0.3) is 5.65 Å². The Bertz CT molecular complexity index is 1120. The van der Waals surface area contributed by atoms with Gasteiger partial charge in [-0.15, -0.1) is 0 Å². The molecule has 0 bridgehead atoms. The van der Waals surface area contributed by atoms with Crippen LogP contribution < -0.4 is 20.3 Å². The monoisotopic (exact) mass is 427 g/mol. The Morgan fingerprint density at radius 2 is 2.16 bits per heavy atom. The fourth-order valence-electron chi connectivity index (χ4n) is 3.68. The number of hydrogen-bond acceptors (Lipinski definition) is 7. The van der Waals surface area contributed by atoms with Gasteiger partial charge in [0.25, 0.3) is 5.91 Å². The molecule has 1 aliphatic rings. The summed E-state index contributed by atoms with van der Waals surface area (Å²) in [5.74, 6) is -0.290. The zero-order valence-electron chi connectivity index (χ0n) is 18.0. The summed E-state index contributed by atoms with van der Waals surface area (Å²) in [7, 11) is 0. The van der Waals surface area contributed by atoms with Crippen LogP contribution in [0.1, 0.15) is 36.8 Å². The standard InChI is InChI=1S/C21H26FN7O2/c1-5-31-20-16(9-24-21(27-20)29-7-6-23-13(3)14(29)4)19(30)26-15-8-17(22)18-25-12(2)10-28(18)11-15/h8-11,13-14,23H,5-7H2,1-4H3,(H,26,30). The number of imidazole rings is 1. The third kappa shape index (κ3) is 4.15. The maximum Gasteiger partial charge on any atom is 0.262 e. The number of nitrogens with one attached hydrogen (secondary N) is 2. The van der Waals surface area contributed by atoms with Gasteiger partial charge in [0.2, 0.25) is 11.8 Å². The number of piperazine rings is 1. The lowest BCUT2D eigenvalue weighted by Gasteiger charge is -2.38. The van der Waals surface area contributed by atoms with Crippen molar-refractivity contribution in [2.24, 2.45) is 0 Å². The fraction of sp³-hybridized carbons (Fsp3) is 0.429. The van der Waals surface area contributed by atoms with E-state index in [0.29, 0.717) is 23.9 Å². The Hall–Kier alpha value is -3.27. The van der Waals surface area contributed by atoms with Gasteiger partial charge in [0.05, 0.1) is 18.0 Å². The van der Waals surface area contributed by atoms with E-state index in [1.807, 2.05) is 6.92 Å². The number of hydrogen-bond donors (Lipinski definition) is 2. The van der Waals surface area contributed by atoms with Crippen LogP contribution in [-0.4, -0.2) is 57.0 Å². The highest BCUT2D eigenvalue weighted by atomic mass is 19.1. The topological polar surface area (TPSA) is 96.7 Å². The van der Waals surface area contributed by atoms with E-state index in [0.717, 1.165) is 13.1 Å². The molecule has 1 saturated heterocycles. The van der Waals surface area contributed by atoms with Crippen LogP contribution in [0.4, 0.5) is 16.0 Å². The quantitative estimate of drug-likeness (QED) is 0.645. The lowest BCUT2D eigenvalue weighted by atomic mass is 10.1. The average molecular weight is 427 g/mol. The number of rotatable bonds is 5. The summed E-state index contributed by atoms with van der Waals surface area (Å²) in [6.07, 6.45) is 4.75. The number of fused-ring (bicyclic) bond motifs is 1. The van der Waals surface area contributed by atoms with Crippen molar-refractivity contribution < 1.29 is 13.9 Å². The summed E-state index contributed by atoms with van der Waals surface area (Å²) in [5.41, 5.74) is 1.37. The number of halogens is 1. The van der Waals surface area contributed by atoms with Crippen molar-refractivity contribution in [3.05, 3.63) is 41.7 Å². The summed E-state index contributed by atoms with van der Waals surface area (Å²) in [5, 5.41) is 6.12. The van der Waals surface area contributed by atoms with Gasteiger partial charge in [-0.2, -0.15) is 4.98 Å². The zero-order valence-corrected chi connectivity index (χ0v) is 18.0. The molecule has 10 heteroatoms. The highest BCUT2D eigenvalue weighted by Gasteiger charge is 2.27. The maximum absolute atomic E-state index is 14.3. The first-order chi connectivity index (χ1) is 14.9. The Balaban J connectivity index is 1.61. The van der Waals surface area contributed by atoms with E-state index in [1.165, 1.54) is 16.7 Å². The number of aryl methyl sites for hydroxylation is 1. The van der Waals surface area contributed by atoms with Crippen molar-refractivity contribution >= 4 is 23.2 Å². The molecule has 2 unspecified atom stereocenters. The largest absolute Gasteiger partial charge is 0.477 e. The lowest BCUT2D eigenvalue weighted by Crippen LogP contribution is -2.56. The molecule has 1 amide bonds. The highest BCUT2D eigenvalue weighted by Crippen LogP contribution is 2.24. The van der Waals surface area contributed by atoms with E-state index in [4.69, 9.17) is 4.74 Å². The number of pyridine rings is 1. The summed E-state index contributed by atoms with van der Waals surface area (Å²) in [4.78, 5) is 28.1. The van der Waals surface area contributed by atoms with Gasteiger partial charge < -0.3 is 24.7 Å². The van der Waals surface area contributed by atoms with Crippen molar-refractivity contribution in [3.63, 3.8) is 0 Å². The van der Waals surface area contributed by atoms with Crippen LogP contribution >= 0.6 is 0 Å². The fourth-order valence-corrected chi connectivity index (χ4v) is 3.68. The Morgan fingerprint density at radius 1 is 1.35 bits per heavy atom. The number of ether oxygens (including phenoxy) is 1. The van der Waals surface area contributed by atoms with E-state index >= 15 is 0 Å². The van der Waals surface area contributed by atoms with Crippen molar-refractivity contribution in [3.8, 4) is 5.88 Å². The van der Waals surface area contributed by atoms with Crippen molar-refractivity contribution in [2.75, 3.05) is 29.9 Å². The molecule has 2 N–H and O–H groups in total. The summed E-state index contributed by atoms with van der Waals surface area (Å²) in [6.45, 7) is 9.74. The average Bonchev–Trinajstić information content (AvgIpc) is 3.11. The summed E-state index contributed by atoms with van der Waals surface area (Å²) < 4.78 is 21.5. The number of carbonyl (C=O) groups excluding carboxylic acids is 1. The second-order valence-corrected chi connectivity index (χ2v) is 7.64. The molecule has 1 aliphatic heterocycles. The van der Waals surface area contributed by atoms with Gasteiger partial charge in [0, 0.05) is 49.8 Å². The van der Waals surface area contributed by atoms with Gasteiger partial charge in [0.1, 0.15) is 5.56 Å². The Morgan fingerprint density at radius 3 is 2.94 bits per heavy atom. The van der Waals surface area contributed by atoms with Crippen molar-refractivity contribution in [2.45, 2.75) is 39.8 Å². The number of aromatic nitrogens is 4. The molecule has 0 aromatic carbocycles. The van der Waals surface area contributed by atoms with Gasteiger partial charge in [-0.25, -0.2) is 14.4 Å².